The van der Waals surface area contributed by atoms with Crippen molar-refractivity contribution in [2.45, 2.75) is 64.1 Å². The number of nitrogens with one attached hydrogen (secondary N) is 3. The molecule has 208 valence electrons. The molecule has 2 heterocycles. The third kappa shape index (κ3) is 6.30. The highest BCUT2D eigenvalue weighted by molar-refractivity contribution is 5.94. The van der Waals surface area contributed by atoms with Crippen LogP contribution in [0.2, 0.25) is 0 Å². The predicted molar refractivity (Wildman–Crippen MR) is 146 cm³/mol. The average Bonchev–Trinajstić information content (AvgIpc) is 3.18. The summed E-state index contributed by atoms with van der Waals surface area (Å²) in [5.41, 5.74) is -0.0151. The number of nitriles is 1. The molecule has 0 bridgehead atoms. The average molecular weight is 541 g/mol. The molecule has 1 amide bonds. The van der Waals surface area contributed by atoms with E-state index in [4.69, 9.17) is 4.74 Å². The van der Waals surface area contributed by atoms with E-state index in [-0.39, 0.29) is 29.3 Å². The number of rotatable bonds is 6. The van der Waals surface area contributed by atoms with Crippen molar-refractivity contribution in [1.29, 1.82) is 5.26 Å². The topological polar surface area (TPSA) is 120 Å². The number of alkyl carbamates (subject to hydrolysis) is 1. The fraction of sp³-hybridized carbons (Fsp3) is 0.481. The van der Waals surface area contributed by atoms with E-state index in [2.05, 4.69) is 26.0 Å². The SMILES string of the molecule is CN(C)c1nn(C)c2c(F)cc(Nc3nc(NC4CCCCC4NC(=O)OC(C)(C)C)c(F)cc3C#N)cc12. The first-order valence-corrected chi connectivity index (χ1v) is 12.8. The standard InChI is InChI=1S/C27H34F2N8O2/c1-27(2,3)39-26(38)33-21-10-8-7-9-20(21)32-24-19(29)11-15(14-30)23(34-24)31-16-12-17-22(18(28)13-16)37(6)35-25(17)36(4)5/h11-13,20-21H,7-10H2,1-6H3,(H,33,38)(H2,31,32,34). The van der Waals surface area contributed by atoms with Gasteiger partial charge in [-0.25, -0.2) is 18.6 Å². The number of aromatic nitrogens is 3. The second-order valence-electron chi connectivity index (χ2n) is 10.9. The molecule has 1 aliphatic rings. The molecule has 0 radical (unpaired) electrons. The number of aryl methyl sites for hydroxylation is 1. The highest BCUT2D eigenvalue weighted by atomic mass is 19.1. The van der Waals surface area contributed by atoms with Gasteiger partial charge in [0, 0.05) is 38.3 Å². The van der Waals surface area contributed by atoms with E-state index in [1.54, 1.807) is 38.8 Å². The summed E-state index contributed by atoms with van der Waals surface area (Å²) in [5, 5.41) is 23.6. The van der Waals surface area contributed by atoms with Gasteiger partial charge in [-0.15, -0.1) is 0 Å². The maximum atomic E-state index is 15.1. The van der Waals surface area contributed by atoms with E-state index < -0.39 is 23.3 Å². The van der Waals surface area contributed by atoms with Crippen LogP contribution in [0.25, 0.3) is 10.9 Å². The first-order chi connectivity index (χ1) is 18.4. The first kappa shape index (κ1) is 27.9. The van der Waals surface area contributed by atoms with Gasteiger partial charge in [-0.05, 0) is 51.8 Å². The second kappa shape index (κ2) is 10.9. The van der Waals surface area contributed by atoms with Gasteiger partial charge in [0.25, 0.3) is 0 Å². The Hall–Kier alpha value is -4.14. The molecule has 3 aromatic rings. The zero-order valence-electron chi connectivity index (χ0n) is 23.0. The number of carbonyl (C=O) groups is 1. The zero-order chi connectivity index (χ0) is 28.5. The summed E-state index contributed by atoms with van der Waals surface area (Å²) in [7, 11) is 5.28. The van der Waals surface area contributed by atoms with Crippen LogP contribution >= 0.6 is 0 Å². The Bertz CT molecular complexity index is 1420. The summed E-state index contributed by atoms with van der Waals surface area (Å²) in [6, 6.07) is 5.42. The van der Waals surface area contributed by atoms with Gasteiger partial charge in [0.15, 0.2) is 29.1 Å². The van der Waals surface area contributed by atoms with Crippen LogP contribution in [0.1, 0.15) is 52.0 Å². The molecule has 1 fully saturated rings. The summed E-state index contributed by atoms with van der Waals surface area (Å²) < 4.78 is 37.0. The fourth-order valence-electron chi connectivity index (χ4n) is 4.77. The van der Waals surface area contributed by atoms with Crippen molar-refractivity contribution in [3.8, 4) is 6.07 Å². The maximum absolute atomic E-state index is 15.1. The number of hydrogen-bond donors (Lipinski definition) is 3. The van der Waals surface area contributed by atoms with E-state index in [1.165, 1.54) is 10.7 Å². The van der Waals surface area contributed by atoms with Crippen molar-refractivity contribution in [3.05, 3.63) is 35.4 Å². The zero-order valence-corrected chi connectivity index (χ0v) is 23.0. The van der Waals surface area contributed by atoms with Crippen LogP contribution in [0.4, 0.5) is 36.7 Å². The van der Waals surface area contributed by atoms with Crippen molar-refractivity contribution in [3.63, 3.8) is 0 Å². The smallest absolute Gasteiger partial charge is 0.407 e. The number of ether oxygens (including phenoxy) is 1. The van der Waals surface area contributed by atoms with Crippen LogP contribution in [0.5, 0.6) is 0 Å². The van der Waals surface area contributed by atoms with Crippen LogP contribution < -0.4 is 20.9 Å². The Morgan fingerprint density at radius 1 is 1.13 bits per heavy atom. The van der Waals surface area contributed by atoms with Crippen LogP contribution in [0.3, 0.4) is 0 Å². The second-order valence-corrected chi connectivity index (χ2v) is 10.9. The molecule has 2 unspecified atom stereocenters. The molecule has 12 heteroatoms. The lowest BCUT2D eigenvalue weighted by atomic mass is 9.90. The lowest BCUT2D eigenvalue weighted by molar-refractivity contribution is 0.0488. The Balaban J connectivity index is 1.62. The van der Waals surface area contributed by atoms with Gasteiger partial charge < -0.3 is 25.6 Å². The summed E-state index contributed by atoms with van der Waals surface area (Å²) in [5.74, 6) is -0.636. The molecule has 3 N–H and O–H groups in total. The molecular weight excluding hydrogens is 506 g/mol. The number of amides is 1. The minimum Gasteiger partial charge on any atom is -0.444 e. The molecule has 1 saturated carbocycles. The third-order valence-corrected chi connectivity index (χ3v) is 6.45. The third-order valence-electron chi connectivity index (χ3n) is 6.45. The number of fused-ring (bicyclic) bond motifs is 1. The summed E-state index contributed by atoms with van der Waals surface area (Å²) in [6.07, 6.45) is 2.64. The Morgan fingerprint density at radius 2 is 1.82 bits per heavy atom. The van der Waals surface area contributed by atoms with Crippen molar-refractivity contribution in [2.24, 2.45) is 7.05 Å². The molecular formula is C27H34F2N8O2. The lowest BCUT2D eigenvalue weighted by Gasteiger charge is -2.33. The number of anilines is 4. The molecule has 39 heavy (non-hydrogen) atoms. The maximum Gasteiger partial charge on any atom is 0.407 e. The molecule has 1 aromatic carbocycles. The van der Waals surface area contributed by atoms with Crippen LogP contribution in [0.15, 0.2) is 18.2 Å². The van der Waals surface area contributed by atoms with Gasteiger partial charge in [0.05, 0.1) is 11.6 Å². The Morgan fingerprint density at radius 3 is 2.46 bits per heavy atom. The normalized spacial score (nSPS) is 17.4. The molecule has 2 atom stereocenters. The largest absolute Gasteiger partial charge is 0.444 e. The van der Waals surface area contributed by atoms with Crippen LogP contribution in [0, 0.1) is 23.0 Å². The van der Waals surface area contributed by atoms with E-state index in [0.29, 0.717) is 35.2 Å². The number of nitrogens with zero attached hydrogens (tertiary/aromatic N) is 5. The van der Waals surface area contributed by atoms with Crippen LogP contribution in [-0.2, 0) is 11.8 Å². The quantitative estimate of drug-likeness (QED) is 0.391. The Labute approximate surface area is 226 Å². The molecule has 1 aliphatic carbocycles. The number of carbonyl (C=O) groups excluding carboxylic acids is 1. The summed E-state index contributed by atoms with van der Waals surface area (Å²) in [6.45, 7) is 5.35. The molecule has 10 nitrogen and oxygen atoms in total. The van der Waals surface area contributed by atoms with E-state index in [1.807, 2.05) is 20.2 Å². The molecule has 0 spiro atoms. The van der Waals surface area contributed by atoms with Crippen molar-refractivity contribution < 1.29 is 18.3 Å². The Kier molecular flexibility index (Phi) is 7.81. The highest BCUT2D eigenvalue weighted by Crippen LogP contribution is 2.32. The van der Waals surface area contributed by atoms with Crippen LogP contribution in [-0.4, -0.2) is 52.6 Å². The van der Waals surface area contributed by atoms with E-state index in [9.17, 15) is 10.1 Å². The molecule has 4 rings (SSSR count). The van der Waals surface area contributed by atoms with E-state index in [0.717, 1.165) is 18.9 Å². The van der Waals surface area contributed by atoms with Gasteiger partial charge in [-0.1, -0.05) is 12.8 Å². The molecule has 0 aliphatic heterocycles. The number of pyridine rings is 1. The number of hydrogen-bond acceptors (Lipinski definition) is 8. The van der Waals surface area contributed by atoms with Gasteiger partial charge in [0.1, 0.15) is 17.2 Å². The monoisotopic (exact) mass is 540 g/mol. The van der Waals surface area contributed by atoms with Crippen molar-refractivity contribution in [2.75, 3.05) is 29.6 Å². The van der Waals surface area contributed by atoms with Crippen molar-refractivity contribution in [1.82, 2.24) is 20.1 Å². The van der Waals surface area contributed by atoms with E-state index >= 15 is 8.78 Å². The minimum atomic E-state index is -0.706. The number of benzene rings is 1. The summed E-state index contributed by atoms with van der Waals surface area (Å²) >= 11 is 0. The predicted octanol–water partition coefficient (Wildman–Crippen LogP) is 5.18. The van der Waals surface area contributed by atoms with Gasteiger partial charge in [-0.2, -0.15) is 10.4 Å². The molecule has 0 saturated heterocycles. The van der Waals surface area contributed by atoms with Gasteiger partial charge in [0.2, 0.25) is 0 Å². The lowest BCUT2D eigenvalue weighted by Crippen LogP contribution is -2.50. The highest BCUT2D eigenvalue weighted by Gasteiger charge is 2.30. The first-order valence-electron chi connectivity index (χ1n) is 12.8. The van der Waals surface area contributed by atoms with Gasteiger partial charge >= 0.3 is 6.09 Å². The minimum absolute atomic E-state index is 0.0374. The summed E-state index contributed by atoms with van der Waals surface area (Å²) in [4.78, 5) is 18.5. The molecule has 2 aromatic heterocycles. The fourth-order valence-corrected chi connectivity index (χ4v) is 4.77. The number of halogens is 2. The van der Waals surface area contributed by atoms with Crippen molar-refractivity contribution >= 4 is 40.1 Å². The van der Waals surface area contributed by atoms with Gasteiger partial charge in [-0.3, -0.25) is 4.68 Å².